The standard InChI is InChI=1S/C15H24O3/c1-4-15(17,5-2)14(16)11-8-12-6-9-13(18-3)10-7-12/h6-7,9-10,14,16-17H,4-5,8,11H2,1-3H3. The Hall–Kier alpha value is -1.06. The van der Waals surface area contributed by atoms with Crippen LogP contribution in [0, 0.1) is 0 Å². The third kappa shape index (κ3) is 3.72. The lowest BCUT2D eigenvalue weighted by atomic mass is 9.87. The Morgan fingerprint density at radius 1 is 1.17 bits per heavy atom. The minimum atomic E-state index is -0.952. The lowest BCUT2D eigenvalue weighted by Gasteiger charge is -2.31. The Morgan fingerprint density at radius 3 is 2.17 bits per heavy atom. The lowest BCUT2D eigenvalue weighted by molar-refractivity contribution is -0.0825. The smallest absolute Gasteiger partial charge is 0.118 e. The number of benzene rings is 1. The van der Waals surface area contributed by atoms with Crippen LogP contribution in [-0.4, -0.2) is 29.0 Å². The van der Waals surface area contributed by atoms with Gasteiger partial charge in [-0.05, 0) is 43.4 Å². The molecule has 0 saturated heterocycles. The molecular formula is C15H24O3. The van der Waals surface area contributed by atoms with Gasteiger partial charge >= 0.3 is 0 Å². The maximum Gasteiger partial charge on any atom is 0.118 e. The average molecular weight is 252 g/mol. The summed E-state index contributed by atoms with van der Waals surface area (Å²) in [5.74, 6) is 0.831. The van der Waals surface area contributed by atoms with Gasteiger partial charge in [-0.15, -0.1) is 0 Å². The van der Waals surface area contributed by atoms with Crippen molar-refractivity contribution in [1.82, 2.24) is 0 Å². The predicted molar refractivity (Wildman–Crippen MR) is 72.9 cm³/mol. The monoisotopic (exact) mass is 252 g/mol. The van der Waals surface area contributed by atoms with Crippen molar-refractivity contribution in [3.05, 3.63) is 29.8 Å². The van der Waals surface area contributed by atoms with E-state index in [1.54, 1.807) is 7.11 Å². The molecule has 3 heteroatoms. The Kier molecular flexibility index (Phi) is 5.63. The van der Waals surface area contributed by atoms with Crippen LogP contribution in [0.4, 0.5) is 0 Å². The Labute approximate surface area is 109 Å². The zero-order chi connectivity index (χ0) is 13.6. The van der Waals surface area contributed by atoms with E-state index in [0.29, 0.717) is 19.3 Å². The summed E-state index contributed by atoms with van der Waals surface area (Å²) in [5.41, 5.74) is 0.191. The van der Waals surface area contributed by atoms with Gasteiger partial charge in [0.15, 0.2) is 0 Å². The molecule has 0 aliphatic rings. The molecule has 3 nitrogen and oxygen atoms in total. The molecule has 2 N–H and O–H groups in total. The van der Waals surface area contributed by atoms with Crippen LogP contribution in [0.3, 0.4) is 0 Å². The van der Waals surface area contributed by atoms with Crippen LogP contribution < -0.4 is 4.74 Å². The van der Waals surface area contributed by atoms with Crippen LogP contribution in [0.5, 0.6) is 5.75 Å². The summed E-state index contributed by atoms with van der Waals surface area (Å²) in [6.45, 7) is 3.81. The summed E-state index contributed by atoms with van der Waals surface area (Å²) in [6.07, 6.45) is 1.81. The Bertz CT molecular complexity index is 341. The predicted octanol–water partition coefficient (Wildman–Crippen LogP) is 2.54. The van der Waals surface area contributed by atoms with Crippen LogP contribution in [-0.2, 0) is 6.42 Å². The van der Waals surface area contributed by atoms with E-state index in [0.717, 1.165) is 17.7 Å². The second kappa shape index (κ2) is 6.76. The second-order valence-corrected chi connectivity index (χ2v) is 4.71. The van der Waals surface area contributed by atoms with E-state index in [1.807, 2.05) is 38.1 Å². The molecule has 0 heterocycles. The van der Waals surface area contributed by atoms with Gasteiger partial charge in [0, 0.05) is 0 Å². The molecule has 0 bridgehead atoms. The fourth-order valence-corrected chi connectivity index (χ4v) is 2.09. The summed E-state index contributed by atoms with van der Waals surface area (Å²) in [5, 5.41) is 20.2. The number of hydrogen-bond donors (Lipinski definition) is 2. The summed E-state index contributed by atoms with van der Waals surface area (Å²) in [4.78, 5) is 0. The van der Waals surface area contributed by atoms with Crippen LogP contribution >= 0.6 is 0 Å². The highest BCUT2D eigenvalue weighted by Gasteiger charge is 2.31. The molecule has 1 unspecified atom stereocenters. The summed E-state index contributed by atoms with van der Waals surface area (Å²) in [6, 6.07) is 7.80. The minimum absolute atomic E-state index is 0.574. The van der Waals surface area contributed by atoms with E-state index in [4.69, 9.17) is 4.74 Å². The van der Waals surface area contributed by atoms with Gasteiger partial charge in [-0.3, -0.25) is 0 Å². The molecule has 0 aromatic heterocycles. The molecule has 1 rings (SSSR count). The van der Waals surface area contributed by atoms with E-state index in [9.17, 15) is 10.2 Å². The van der Waals surface area contributed by atoms with E-state index in [2.05, 4.69) is 0 Å². The van der Waals surface area contributed by atoms with Crippen molar-refractivity contribution in [2.24, 2.45) is 0 Å². The van der Waals surface area contributed by atoms with E-state index in [1.165, 1.54) is 0 Å². The van der Waals surface area contributed by atoms with Crippen molar-refractivity contribution in [3.8, 4) is 5.75 Å². The van der Waals surface area contributed by atoms with Crippen LogP contribution in [0.25, 0.3) is 0 Å². The number of aliphatic hydroxyl groups excluding tert-OH is 1. The topological polar surface area (TPSA) is 49.7 Å². The third-order valence-corrected chi connectivity index (χ3v) is 3.71. The zero-order valence-corrected chi connectivity index (χ0v) is 11.5. The highest BCUT2D eigenvalue weighted by Crippen LogP contribution is 2.23. The molecule has 1 aromatic carbocycles. The lowest BCUT2D eigenvalue weighted by Crippen LogP contribution is -2.41. The fourth-order valence-electron chi connectivity index (χ4n) is 2.09. The van der Waals surface area contributed by atoms with Crippen LogP contribution in [0.15, 0.2) is 24.3 Å². The molecule has 1 aromatic rings. The molecule has 0 aliphatic carbocycles. The Morgan fingerprint density at radius 2 is 1.72 bits per heavy atom. The molecule has 18 heavy (non-hydrogen) atoms. The first-order chi connectivity index (χ1) is 8.55. The second-order valence-electron chi connectivity index (χ2n) is 4.71. The van der Waals surface area contributed by atoms with Gasteiger partial charge in [-0.25, -0.2) is 0 Å². The normalized spacial score (nSPS) is 13.4. The highest BCUT2D eigenvalue weighted by atomic mass is 16.5. The van der Waals surface area contributed by atoms with E-state index >= 15 is 0 Å². The molecule has 0 amide bonds. The molecular weight excluding hydrogens is 228 g/mol. The molecule has 102 valence electrons. The van der Waals surface area contributed by atoms with Crippen molar-refractivity contribution < 1.29 is 14.9 Å². The number of ether oxygens (including phenoxy) is 1. The molecule has 0 radical (unpaired) electrons. The van der Waals surface area contributed by atoms with Crippen molar-refractivity contribution in [2.45, 2.75) is 51.2 Å². The number of aryl methyl sites for hydroxylation is 1. The van der Waals surface area contributed by atoms with Crippen LogP contribution in [0.2, 0.25) is 0 Å². The number of hydrogen-bond acceptors (Lipinski definition) is 3. The average Bonchev–Trinajstić information content (AvgIpc) is 2.44. The Balaban J connectivity index is 2.53. The van der Waals surface area contributed by atoms with E-state index < -0.39 is 11.7 Å². The molecule has 0 fully saturated rings. The van der Waals surface area contributed by atoms with Gasteiger partial charge in [0.05, 0.1) is 18.8 Å². The van der Waals surface area contributed by atoms with Gasteiger partial charge in [0.2, 0.25) is 0 Å². The van der Waals surface area contributed by atoms with Crippen molar-refractivity contribution in [1.29, 1.82) is 0 Å². The summed E-state index contributed by atoms with van der Waals surface area (Å²) in [7, 11) is 1.64. The maximum absolute atomic E-state index is 10.2. The first-order valence-corrected chi connectivity index (χ1v) is 6.59. The molecule has 0 saturated carbocycles. The summed E-state index contributed by atoms with van der Waals surface area (Å²) >= 11 is 0. The SMILES string of the molecule is CCC(O)(CC)C(O)CCc1ccc(OC)cc1. The van der Waals surface area contributed by atoms with E-state index in [-0.39, 0.29) is 0 Å². The first-order valence-electron chi connectivity index (χ1n) is 6.59. The summed E-state index contributed by atoms with van der Waals surface area (Å²) < 4.78 is 5.09. The first kappa shape index (κ1) is 15.0. The quantitative estimate of drug-likeness (QED) is 0.784. The van der Waals surface area contributed by atoms with Gasteiger partial charge in [-0.1, -0.05) is 26.0 Å². The third-order valence-electron chi connectivity index (χ3n) is 3.71. The van der Waals surface area contributed by atoms with Crippen molar-refractivity contribution >= 4 is 0 Å². The van der Waals surface area contributed by atoms with Gasteiger partial charge in [0.1, 0.15) is 5.75 Å². The van der Waals surface area contributed by atoms with Gasteiger partial charge < -0.3 is 14.9 Å². The fraction of sp³-hybridized carbons (Fsp3) is 0.600. The molecule has 0 aliphatic heterocycles. The van der Waals surface area contributed by atoms with Crippen LogP contribution in [0.1, 0.15) is 38.7 Å². The number of rotatable bonds is 7. The van der Waals surface area contributed by atoms with Gasteiger partial charge in [0.25, 0.3) is 0 Å². The molecule has 1 atom stereocenters. The van der Waals surface area contributed by atoms with Crippen molar-refractivity contribution in [3.63, 3.8) is 0 Å². The largest absolute Gasteiger partial charge is 0.497 e. The van der Waals surface area contributed by atoms with Gasteiger partial charge in [-0.2, -0.15) is 0 Å². The number of aliphatic hydroxyl groups is 2. The highest BCUT2D eigenvalue weighted by molar-refractivity contribution is 5.27. The zero-order valence-electron chi connectivity index (χ0n) is 11.5. The number of methoxy groups -OCH3 is 1. The molecule has 0 spiro atoms. The minimum Gasteiger partial charge on any atom is -0.497 e. The maximum atomic E-state index is 10.2. The van der Waals surface area contributed by atoms with Crippen molar-refractivity contribution in [2.75, 3.05) is 7.11 Å².